The third-order valence-electron chi connectivity index (χ3n) is 4.71. The lowest BCUT2D eigenvalue weighted by atomic mass is 10.0. The second-order valence-corrected chi connectivity index (χ2v) is 6.48. The van der Waals surface area contributed by atoms with Gasteiger partial charge in [0.25, 0.3) is 0 Å². The van der Waals surface area contributed by atoms with Crippen molar-refractivity contribution in [3.05, 3.63) is 71.1 Å². The van der Waals surface area contributed by atoms with Crippen LogP contribution in [0.25, 0.3) is 0 Å². The first kappa shape index (κ1) is 17.5. The molecule has 3 aromatic rings. The predicted octanol–water partition coefficient (Wildman–Crippen LogP) is 4.25. The van der Waals surface area contributed by atoms with Crippen molar-refractivity contribution in [3.63, 3.8) is 0 Å². The lowest BCUT2D eigenvalue weighted by molar-refractivity contribution is 0.570. The highest BCUT2D eigenvalue weighted by molar-refractivity contribution is 5.31. The second-order valence-electron chi connectivity index (χ2n) is 6.48. The fourth-order valence-corrected chi connectivity index (χ4v) is 3.47. The number of aromatic nitrogens is 4. The predicted molar refractivity (Wildman–Crippen MR) is 102 cm³/mol. The molecule has 2 heterocycles. The van der Waals surface area contributed by atoms with Crippen molar-refractivity contribution >= 4 is 0 Å². The van der Waals surface area contributed by atoms with E-state index in [4.69, 9.17) is 5.10 Å². The van der Waals surface area contributed by atoms with Crippen LogP contribution in [0.4, 0.5) is 0 Å². The van der Waals surface area contributed by atoms with Crippen molar-refractivity contribution in [2.75, 3.05) is 0 Å². The quantitative estimate of drug-likeness (QED) is 0.616. The van der Waals surface area contributed by atoms with Gasteiger partial charge in [0.05, 0.1) is 12.0 Å². The zero-order valence-electron chi connectivity index (χ0n) is 15.6. The first-order chi connectivity index (χ1) is 12.3. The Bertz CT molecular complexity index is 799. The van der Waals surface area contributed by atoms with Crippen LogP contribution in [0, 0.1) is 0 Å². The molecule has 0 saturated heterocycles. The molecule has 0 bridgehead atoms. The summed E-state index contributed by atoms with van der Waals surface area (Å²) >= 11 is 0. The minimum atomic E-state index is 0.863. The first-order valence-electron chi connectivity index (χ1n) is 9.37. The third kappa shape index (κ3) is 3.84. The van der Waals surface area contributed by atoms with Gasteiger partial charge in [0.15, 0.2) is 0 Å². The van der Waals surface area contributed by atoms with Crippen molar-refractivity contribution in [3.8, 4) is 0 Å². The van der Waals surface area contributed by atoms with Crippen molar-refractivity contribution < 1.29 is 0 Å². The molecule has 4 nitrogen and oxygen atoms in total. The number of rotatable bonds is 8. The van der Waals surface area contributed by atoms with Crippen LogP contribution in [-0.2, 0) is 32.4 Å². The maximum absolute atomic E-state index is 4.87. The third-order valence-corrected chi connectivity index (χ3v) is 4.71. The topological polar surface area (TPSA) is 35.6 Å². The molecule has 0 fully saturated rings. The molecule has 3 rings (SSSR count). The van der Waals surface area contributed by atoms with E-state index in [1.54, 1.807) is 0 Å². The highest BCUT2D eigenvalue weighted by atomic mass is 15.3. The Hall–Kier alpha value is -2.36. The fourth-order valence-electron chi connectivity index (χ4n) is 3.47. The van der Waals surface area contributed by atoms with E-state index in [9.17, 15) is 0 Å². The van der Waals surface area contributed by atoms with Crippen molar-refractivity contribution in [2.24, 2.45) is 0 Å². The average molecular weight is 336 g/mol. The van der Waals surface area contributed by atoms with Gasteiger partial charge in [-0.2, -0.15) is 5.10 Å². The Labute approximate surface area is 150 Å². The summed E-state index contributed by atoms with van der Waals surface area (Å²) in [7, 11) is 0. The van der Waals surface area contributed by atoms with Gasteiger partial charge < -0.3 is 4.57 Å². The molecule has 0 unspecified atom stereocenters. The lowest BCUT2D eigenvalue weighted by Gasteiger charge is -2.10. The summed E-state index contributed by atoms with van der Waals surface area (Å²) in [5.74, 6) is 0. The highest BCUT2D eigenvalue weighted by Gasteiger charge is 2.17. The number of nitrogens with zero attached hydrogens (tertiary/aromatic N) is 4. The molecule has 0 aliphatic carbocycles. The van der Waals surface area contributed by atoms with Crippen LogP contribution in [0.1, 0.15) is 55.4 Å². The Morgan fingerprint density at radius 3 is 2.48 bits per heavy atom. The smallest absolute Gasteiger partial charge is 0.0951 e. The summed E-state index contributed by atoms with van der Waals surface area (Å²) in [6, 6.07) is 10.6. The van der Waals surface area contributed by atoms with Gasteiger partial charge in [0.2, 0.25) is 0 Å². The maximum atomic E-state index is 4.87. The van der Waals surface area contributed by atoms with Gasteiger partial charge in [-0.1, -0.05) is 51.1 Å². The SMILES string of the molecule is CCCn1nc(CC)c(Cc2cncn2Cc2ccccc2)c1CC. The molecule has 0 aliphatic rings. The van der Waals surface area contributed by atoms with Crippen LogP contribution < -0.4 is 0 Å². The number of benzene rings is 1. The summed E-state index contributed by atoms with van der Waals surface area (Å²) in [6.45, 7) is 8.50. The van der Waals surface area contributed by atoms with Gasteiger partial charge in [0.1, 0.15) is 0 Å². The summed E-state index contributed by atoms with van der Waals surface area (Å²) in [4.78, 5) is 4.40. The molecule has 0 aliphatic heterocycles. The molecule has 2 aromatic heterocycles. The summed E-state index contributed by atoms with van der Waals surface area (Å²) in [5, 5.41) is 4.87. The van der Waals surface area contributed by atoms with Gasteiger partial charge >= 0.3 is 0 Å². The Kier molecular flexibility index (Phi) is 5.69. The Morgan fingerprint density at radius 2 is 1.80 bits per heavy atom. The zero-order valence-corrected chi connectivity index (χ0v) is 15.6. The fraction of sp³-hybridized carbons (Fsp3) is 0.429. The number of imidazole rings is 1. The standard InChI is InChI=1S/C21H28N4/c1-4-12-25-21(6-3)19(20(5-2)23-25)13-18-14-22-16-24(18)15-17-10-8-7-9-11-17/h7-11,14,16H,4-6,12-13,15H2,1-3H3. The molecule has 0 spiro atoms. The number of aryl methyl sites for hydroxylation is 2. The Morgan fingerprint density at radius 1 is 1.00 bits per heavy atom. The summed E-state index contributed by atoms with van der Waals surface area (Å²) in [6.07, 6.45) is 7.96. The van der Waals surface area contributed by atoms with Gasteiger partial charge in [-0.3, -0.25) is 4.68 Å². The molecule has 0 radical (unpaired) electrons. The second kappa shape index (κ2) is 8.15. The number of hydrogen-bond donors (Lipinski definition) is 0. The lowest BCUT2D eigenvalue weighted by Crippen LogP contribution is -2.07. The largest absolute Gasteiger partial charge is 0.330 e. The van der Waals surface area contributed by atoms with Crippen LogP contribution >= 0.6 is 0 Å². The summed E-state index contributed by atoms with van der Waals surface area (Å²) < 4.78 is 4.47. The van der Waals surface area contributed by atoms with E-state index in [2.05, 4.69) is 65.3 Å². The molecular formula is C21H28N4. The van der Waals surface area contributed by atoms with Gasteiger partial charge in [-0.05, 0) is 24.8 Å². The first-order valence-corrected chi connectivity index (χ1v) is 9.37. The van der Waals surface area contributed by atoms with Gasteiger partial charge in [-0.25, -0.2) is 4.98 Å². The van der Waals surface area contributed by atoms with Crippen LogP contribution in [0.2, 0.25) is 0 Å². The monoisotopic (exact) mass is 336 g/mol. The molecule has 25 heavy (non-hydrogen) atoms. The average Bonchev–Trinajstić information content (AvgIpc) is 3.21. The Balaban J connectivity index is 1.89. The highest BCUT2D eigenvalue weighted by Crippen LogP contribution is 2.21. The molecule has 0 atom stereocenters. The molecule has 1 aromatic carbocycles. The van der Waals surface area contributed by atoms with E-state index < -0.39 is 0 Å². The van der Waals surface area contributed by atoms with Crippen LogP contribution in [0.15, 0.2) is 42.9 Å². The number of hydrogen-bond acceptors (Lipinski definition) is 2. The van der Waals surface area contributed by atoms with Gasteiger partial charge in [0, 0.05) is 42.7 Å². The zero-order chi connectivity index (χ0) is 17.6. The van der Waals surface area contributed by atoms with Crippen LogP contribution in [0.5, 0.6) is 0 Å². The van der Waals surface area contributed by atoms with Crippen molar-refractivity contribution in [1.82, 2.24) is 19.3 Å². The molecule has 0 amide bonds. The van der Waals surface area contributed by atoms with E-state index in [-0.39, 0.29) is 0 Å². The molecule has 0 N–H and O–H groups in total. The minimum absolute atomic E-state index is 0.863. The molecule has 4 heteroatoms. The minimum Gasteiger partial charge on any atom is -0.330 e. The van der Waals surface area contributed by atoms with Crippen LogP contribution in [-0.4, -0.2) is 19.3 Å². The maximum Gasteiger partial charge on any atom is 0.0951 e. The van der Waals surface area contributed by atoms with Crippen molar-refractivity contribution in [2.45, 2.75) is 59.5 Å². The normalized spacial score (nSPS) is 11.2. The molecular weight excluding hydrogens is 308 g/mol. The van der Waals surface area contributed by atoms with Crippen LogP contribution in [0.3, 0.4) is 0 Å². The molecule has 132 valence electrons. The van der Waals surface area contributed by atoms with E-state index in [1.807, 2.05) is 12.5 Å². The van der Waals surface area contributed by atoms with Crippen molar-refractivity contribution in [1.29, 1.82) is 0 Å². The molecule has 0 saturated carbocycles. The van der Waals surface area contributed by atoms with Gasteiger partial charge in [-0.15, -0.1) is 0 Å². The van der Waals surface area contributed by atoms with E-state index in [0.29, 0.717) is 0 Å². The van der Waals surface area contributed by atoms with E-state index in [0.717, 1.165) is 38.8 Å². The van der Waals surface area contributed by atoms with E-state index >= 15 is 0 Å². The van der Waals surface area contributed by atoms with E-state index in [1.165, 1.54) is 28.2 Å². The summed E-state index contributed by atoms with van der Waals surface area (Å²) in [5.41, 5.74) is 6.57.